The average Bonchev–Trinajstić information content (AvgIpc) is 3.13. The maximum atomic E-state index is 4.57. The van der Waals surface area contributed by atoms with Crippen molar-refractivity contribution in [1.82, 2.24) is 19.9 Å². The Labute approximate surface area is 126 Å². The van der Waals surface area contributed by atoms with Crippen LogP contribution in [0.1, 0.15) is 55.6 Å². The summed E-state index contributed by atoms with van der Waals surface area (Å²) in [6, 6.07) is 3.08. The van der Waals surface area contributed by atoms with Crippen molar-refractivity contribution in [3.8, 4) is 0 Å². The molecule has 0 spiro atoms. The van der Waals surface area contributed by atoms with Crippen LogP contribution >= 0.6 is 0 Å². The van der Waals surface area contributed by atoms with Crippen LogP contribution in [0.5, 0.6) is 0 Å². The van der Waals surface area contributed by atoms with Crippen LogP contribution in [0.15, 0.2) is 12.3 Å². The first-order valence-electron chi connectivity index (χ1n) is 8.19. The summed E-state index contributed by atoms with van der Waals surface area (Å²) in [6.07, 6.45) is 7.71. The van der Waals surface area contributed by atoms with Gasteiger partial charge in [-0.2, -0.15) is 5.10 Å². The van der Waals surface area contributed by atoms with Gasteiger partial charge in [-0.15, -0.1) is 0 Å². The Hall–Kier alpha value is -1.42. The number of rotatable bonds is 3. The summed E-state index contributed by atoms with van der Waals surface area (Å²) in [6.45, 7) is 6.43. The van der Waals surface area contributed by atoms with E-state index >= 15 is 0 Å². The van der Waals surface area contributed by atoms with E-state index in [0.29, 0.717) is 12.1 Å². The minimum atomic E-state index is 0.343. The van der Waals surface area contributed by atoms with Crippen LogP contribution < -0.4 is 5.32 Å². The van der Waals surface area contributed by atoms with Crippen LogP contribution in [-0.4, -0.2) is 20.6 Å². The Balaban J connectivity index is 1.59. The van der Waals surface area contributed by atoms with Crippen molar-refractivity contribution in [2.45, 2.75) is 58.5 Å². The number of nitrogens with zero attached hydrogens (tertiary/aromatic N) is 3. The molecule has 2 fully saturated rings. The zero-order chi connectivity index (χ0) is 14.6. The third-order valence-electron chi connectivity index (χ3n) is 5.55. The zero-order valence-corrected chi connectivity index (χ0v) is 13.1. The van der Waals surface area contributed by atoms with Gasteiger partial charge in [0.25, 0.3) is 0 Å². The predicted molar refractivity (Wildman–Crippen MR) is 83.2 cm³/mol. The molecule has 2 saturated carbocycles. The van der Waals surface area contributed by atoms with Gasteiger partial charge < -0.3 is 5.32 Å². The highest BCUT2D eigenvalue weighted by Gasteiger charge is 2.39. The molecule has 0 aliphatic heterocycles. The Morgan fingerprint density at radius 2 is 2.14 bits per heavy atom. The van der Waals surface area contributed by atoms with E-state index in [4.69, 9.17) is 0 Å². The molecule has 4 nitrogen and oxygen atoms in total. The second-order valence-electron chi connectivity index (χ2n) is 7.02. The molecular formula is C17H24N4. The third-order valence-corrected chi connectivity index (χ3v) is 5.55. The first-order chi connectivity index (χ1) is 10.1. The molecule has 1 N–H and O–H groups in total. The smallest absolute Gasteiger partial charge is 0.155 e. The molecule has 2 heterocycles. The van der Waals surface area contributed by atoms with Gasteiger partial charge in [-0.25, -0.2) is 9.50 Å². The van der Waals surface area contributed by atoms with Gasteiger partial charge in [0.2, 0.25) is 0 Å². The summed E-state index contributed by atoms with van der Waals surface area (Å²) < 4.78 is 1.98. The molecule has 4 heteroatoms. The van der Waals surface area contributed by atoms with E-state index in [1.807, 2.05) is 23.7 Å². The van der Waals surface area contributed by atoms with E-state index in [-0.39, 0.29) is 0 Å². The van der Waals surface area contributed by atoms with E-state index in [9.17, 15) is 0 Å². The summed E-state index contributed by atoms with van der Waals surface area (Å²) in [5.41, 5.74) is 4.45. The molecule has 2 aromatic rings. The highest BCUT2D eigenvalue weighted by Crippen LogP contribution is 2.45. The van der Waals surface area contributed by atoms with Gasteiger partial charge >= 0.3 is 0 Å². The molecular weight excluding hydrogens is 260 g/mol. The minimum absolute atomic E-state index is 0.343. The minimum Gasteiger partial charge on any atom is -0.307 e. The summed E-state index contributed by atoms with van der Waals surface area (Å²) in [5, 5.41) is 8.41. The van der Waals surface area contributed by atoms with Crippen LogP contribution in [0.25, 0.3) is 5.65 Å². The van der Waals surface area contributed by atoms with Crippen LogP contribution in [0.3, 0.4) is 0 Å². The van der Waals surface area contributed by atoms with Gasteiger partial charge in [0.15, 0.2) is 5.65 Å². The fourth-order valence-electron chi connectivity index (χ4n) is 4.46. The molecule has 2 aliphatic rings. The topological polar surface area (TPSA) is 42.2 Å². The number of fused-ring (bicyclic) bond motifs is 3. The fourth-order valence-corrected chi connectivity index (χ4v) is 4.46. The lowest BCUT2D eigenvalue weighted by Gasteiger charge is -2.27. The number of aromatic nitrogens is 3. The molecule has 2 aliphatic carbocycles. The van der Waals surface area contributed by atoms with Gasteiger partial charge in [0.05, 0.1) is 5.69 Å². The van der Waals surface area contributed by atoms with E-state index in [1.54, 1.807) is 0 Å². The summed E-state index contributed by atoms with van der Waals surface area (Å²) in [5.74, 6) is 1.89. The van der Waals surface area contributed by atoms with Crippen molar-refractivity contribution in [3.63, 3.8) is 0 Å². The highest BCUT2D eigenvalue weighted by molar-refractivity contribution is 5.42. The lowest BCUT2D eigenvalue weighted by molar-refractivity contribution is 0.326. The van der Waals surface area contributed by atoms with E-state index in [1.165, 1.54) is 36.9 Å². The second-order valence-corrected chi connectivity index (χ2v) is 7.02. The Morgan fingerprint density at radius 3 is 2.86 bits per heavy atom. The first kappa shape index (κ1) is 13.3. The van der Waals surface area contributed by atoms with E-state index in [0.717, 1.165) is 23.2 Å². The van der Waals surface area contributed by atoms with Gasteiger partial charge in [-0.05, 0) is 51.9 Å². The van der Waals surface area contributed by atoms with Crippen molar-refractivity contribution in [1.29, 1.82) is 0 Å². The van der Waals surface area contributed by atoms with Gasteiger partial charge in [0.1, 0.15) is 0 Å². The Bertz CT molecular complexity index is 675. The molecule has 4 atom stereocenters. The summed E-state index contributed by atoms with van der Waals surface area (Å²) in [4.78, 5) is 4.57. The number of nitrogens with one attached hydrogen (secondary N) is 1. The molecule has 4 unspecified atom stereocenters. The van der Waals surface area contributed by atoms with Crippen molar-refractivity contribution in [3.05, 3.63) is 29.2 Å². The number of hydrogen-bond acceptors (Lipinski definition) is 3. The largest absolute Gasteiger partial charge is 0.307 e. The van der Waals surface area contributed by atoms with Gasteiger partial charge in [0, 0.05) is 35.6 Å². The van der Waals surface area contributed by atoms with Crippen molar-refractivity contribution >= 4 is 5.65 Å². The van der Waals surface area contributed by atoms with Gasteiger partial charge in [-0.3, -0.25) is 0 Å². The Morgan fingerprint density at radius 1 is 1.29 bits per heavy atom. The predicted octanol–water partition coefficient (Wildman–Crippen LogP) is 3.19. The molecule has 4 rings (SSSR count). The molecule has 21 heavy (non-hydrogen) atoms. The zero-order valence-electron chi connectivity index (χ0n) is 13.1. The number of aryl methyl sites for hydroxylation is 2. The normalized spacial score (nSPS) is 29.4. The van der Waals surface area contributed by atoms with Crippen LogP contribution in [0, 0.1) is 25.7 Å². The van der Waals surface area contributed by atoms with E-state index in [2.05, 4.69) is 29.2 Å². The molecule has 2 bridgehead atoms. The second kappa shape index (κ2) is 4.80. The highest BCUT2D eigenvalue weighted by atomic mass is 15.3. The van der Waals surface area contributed by atoms with Crippen LogP contribution in [-0.2, 0) is 0 Å². The third kappa shape index (κ3) is 2.16. The van der Waals surface area contributed by atoms with Crippen molar-refractivity contribution < 1.29 is 0 Å². The molecule has 112 valence electrons. The fraction of sp³-hybridized carbons (Fsp3) is 0.647. The molecule has 0 radical (unpaired) electrons. The molecule has 2 aromatic heterocycles. The molecule has 0 aromatic carbocycles. The average molecular weight is 284 g/mol. The maximum absolute atomic E-state index is 4.57. The standard InChI is InChI=1S/C17H24N4/c1-10-6-17-18-9-15(12(3)21(17)20-10)11(2)19-16-8-13-4-5-14(16)7-13/h6,9,11,13-14,16,19H,4-5,7-8H2,1-3H3. The van der Waals surface area contributed by atoms with E-state index < -0.39 is 0 Å². The van der Waals surface area contributed by atoms with Crippen molar-refractivity contribution in [2.75, 3.05) is 0 Å². The maximum Gasteiger partial charge on any atom is 0.155 e. The van der Waals surface area contributed by atoms with Gasteiger partial charge in [-0.1, -0.05) is 6.42 Å². The molecule has 0 saturated heterocycles. The van der Waals surface area contributed by atoms with Crippen LogP contribution in [0.4, 0.5) is 0 Å². The lowest BCUT2D eigenvalue weighted by Crippen LogP contribution is -2.36. The quantitative estimate of drug-likeness (QED) is 0.941. The Kier molecular flexibility index (Phi) is 3.03. The van der Waals surface area contributed by atoms with Crippen LogP contribution in [0.2, 0.25) is 0 Å². The number of hydrogen-bond donors (Lipinski definition) is 1. The molecule has 0 amide bonds. The SMILES string of the molecule is Cc1cc2ncc(C(C)NC3CC4CCC3C4)c(C)n2n1. The van der Waals surface area contributed by atoms with Crippen molar-refractivity contribution in [2.24, 2.45) is 11.8 Å². The lowest BCUT2D eigenvalue weighted by atomic mass is 9.94. The summed E-state index contributed by atoms with van der Waals surface area (Å²) >= 11 is 0. The monoisotopic (exact) mass is 284 g/mol. The summed E-state index contributed by atoms with van der Waals surface area (Å²) in [7, 11) is 0. The first-order valence-corrected chi connectivity index (χ1v) is 8.19.